The standard InChI is InChI=1S/C28H27N5O/c1-2-6-27-25(5-1)24(11-12-29-27)26-19-31-33-20-23(18-30-28(26)33)22-9-7-21(8-10-22)4-3-13-32-14-16-34-17-15-32/h1-2,5-12,18-20H,3-4,13-17H2. The second-order valence-electron chi connectivity index (χ2n) is 8.80. The Balaban J connectivity index is 1.20. The third kappa shape index (κ3) is 4.18. The third-order valence-corrected chi connectivity index (χ3v) is 6.63. The van der Waals surface area contributed by atoms with Gasteiger partial charge in [0.15, 0.2) is 5.65 Å². The molecule has 1 aliphatic rings. The number of aromatic nitrogens is 4. The maximum absolute atomic E-state index is 5.43. The number of aryl methyl sites for hydroxylation is 1. The monoisotopic (exact) mass is 449 g/mol. The Morgan fingerprint density at radius 1 is 0.824 bits per heavy atom. The molecule has 6 rings (SSSR count). The number of hydrogen-bond donors (Lipinski definition) is 0. The SMILES string of the molecule is c1ccc2c(-c3cnn4cc(-c5ccc(CCCN6CCOCC6)cc5)cnc34)ccnc2c1. The molecule has 1 saturated heterocycles. The van der Waals surface area contributed by atoms with Crippen LogP contribution in [0.4, 0.5) is 0 Å². The summed E-state index contributed by atoms with van der Waals surface area (Å²) in [6.45, 7) is 4.98. The van der Waals surface area contributed by atoms with Gasteiger partial charge in [-0.05, 0) is 48.2 Å². The van der Waals surface area contributed by atoms with Crippen LogP contribution in [0.15, 0.2) is 79.4 Å². The van der Waals surface area contributed by atoms with E-state index in [1.165, 1.54) is 12.0 Å². The van der Waals surface area contributed by atoms with E-state index in [9.17, 15) is 0 Å². The van der Waals surface area contributed by atoms with Crippen molar-refractivity contribution in [3.63, 3.8) is 0 Å². The molecular weight excluding hydrogens is 422 g/mol. The predicted molar refractivity (Wildman–Crippen MR) is 135 cm³/mol. The minimum absolute atomic E-state index is 0.847. The van der Waals surface area contributed by atoms with Crippen LogP contribution >= 0.6 is 0 Å². The van der Waals surface area contributed by atoms with E-state index in [1.807, 2.05) is 47.4 Å². The van der Waals surface area contributed by atoms with E-state index >= 15 is 0 Å². The van der Waals surface area contributed by atoms with Gasteiger partial charge < -0.3 is 4.74 Å². The summed E-state index contributed by atoms with van der Waals surface area (Å²) in [7, 11) is 0. The Morgan fingerprint density at radius 3 is 2.56 bits per heavy atom. The molecule has 4 heterocycles. The zero-order valence-corrected chi connectivity index (χ0v) is 19.1. The smallest absolute Gasteiger partial charge is 0.162 e. The lowest BCUT2D eigenvalue weighted by molar-refractivity contribution is 0.0375. The number of hydrogen-bond acceptors (Lipinski definition) is 5. The molecule has 0 amide bonds. The molecule has 0 atom stereocenters. The Bertz CT molecular complexity index is 1420. The lowest BCUT2D eigenvalue weighted by Gasteiger charge is -2.26. The number of pyridine rings is 1. The second kappa shape index (κ2) is 9.33. The first-order chi connectivity index (χ1) is 16.8. The number of rotatable bonds is 6. The molecule has 1 fully saturated rings. The Labute approximate surface area is 198 Å². The van der Waals surface area contributed by atoms with Crippen molar-refractivity contribution in [2.75, 3.05) is 32.8 Å². The number of nitrogens with zero attached hydrogens (tertiary/aromatic N) is 5. The molecule has 0 spiro atoms. The van der Waals surface area contributed by atoms with Crippen LogP contribution in [-0.2, 0) is 11.2 Å². The highest BCUT2D eigenvalue weighted by Gasteiger charge is 2.13. The lowest BCUT2D eigenvalue weighted by atomic mass is 10.0. The quantitative estimate of drug-likeness (QED) is 0.370. The molecule has 0 unspecified atom stereocenters. The van der Waals surface area contributed by atoms with Gasteiger partial charge in [-0.2, -0.15) is 5.10 Å². The molecule has 1 aliphatic heterocycles. The zero-order valence-electron chi connectivity index (χ0n) is 19.1. The van der Waals surface area contributed by atoms with Gasteiger partial charge in [0.1, 0.15) is 0 Å². The maximum Gasteiger partial charge on any atom is 0.162 e. The summed E-state index contributed by atoms with van der Waals surface area (Å²) in [4.78, 5) is 11.8. The van der Waals surface area contributed by atoms with Crippen molar-refractivity contribution in [2.24, 2.45) is 0 Å². The summed E-state index contributed by atoms with van der Waals surface area (Å²) >= 11 is 0. The Morgan fingerprint density at radius 2 is 1.68 bits per heavy atom. The van der Waals surface area contributed by atoms with Crippen molar-refractivity contribution in [3.8, 4) is 22.3 Å². The van der Waals surface area contributed by atoms with Gasteiger partial charge in [0.05, 0.1) is 24.9 Å². The summed E-state index contributed by atoms with van der Waals surface area (Å²) in [5.74, 6) is 0. The summed E-state index contributed by atoms with van der Waals surface area (Å²) < 4.78 is 7.30. The highest BCUT2D eigenvalue weighted by atomic mass is 16.5. The average molecular weight is 450 g/mol. The first kappa shape index (κ1) is 21.0. The van der Waals surface area contributed by atoms with Gasteiger partial charge in [-0.1, -0.05) is 42.5 Å². The van der Waals surface area contributed by atoms with Gasteiger partial charge >= 0.3 is 0 Å². The first-order valence-electron chi connectivity index (χ1n) is 11.9. The molecule has 2 aromatic carbocycles. The van der Waals surface area contributed by atoms with Crippen molar-refractivity contribution in [2.45, 2.75) is 12.8 Å². The van der Waals surface area contributed by atoms with Gasteiger partial charge in [0.25, 0.3) is 0 Å². The van der Waals surface area contributed by atoms with Gasteiger partial charge in [0, 0.05) is 48.2 Å². The van der Waals surface area contributed by atoms with Crippen LogP contribution < -0.4 is 0 Å². The molecule has 3 aromatic heterocycles. The maximum atomic E-state index is 5.43. The minimum Gasteiger partial charge on any atom is -0.379 e. The molecule has 6 heteroatoms. The summed E-state index contributed by atoms with van der Waals surface area (Å²) in [6.07, 6.45) is 10.0. The molecule has 170 valence electrons. The average Bonchev–Trinajstić information content (AvgIpc) is 3.32. The van der Waals surface area contributed by atoms with Crippen LogP contribution in [0.25, 0.3) is 38.8 Å². The van der Waals surface area contributed by atoms with E-state index in [2.05, 4.69) is 51.5 Å². The van der Waals surface area contributed by atoms with Gasteiger partial charge in [-0.3, -0.25) is 9.88 Å². The molecule has 6 nitrogen and oxygen atoms in total. The summed E-state index contributed by atoms with van der Waals surface area (Å²) in [5, 5.41) is 5.72. The molecule has 0 aliphatic carbocycles. The van der Waals surface area contributed by atoms with E-state index in [0.717, 1.165) is 78.1 Å². The normalized spacial score (nSPS) is 14.7. The van der Waals surface area contributed by atoms with Crippen molar-refractivity contribution < 1.29 is 4.74 Å². The Kier molecular flexibility index (Phi) is 5.75. The fourth-order valence-corrected chi connectivity index (χ4v) is 4.74. The van der Waals surface area contributed by atoms with E-state index in [0.29, 0.717) is 0 Å². The van der Waals surface area contributed by atoms with E-state index < -0.39 is 0 Å². The highest BCUT2D eigenvalue weighted by molar-refractivity contribution is 5.97. The van der Waals surface area contributed by atoms with Crippen molar-refractivity contribution in [1.82, 2.24) is 24.5 Å². The van der Waals surface area contributed by atoms with Gasteiger partial charge in [0.2, 0.25) is 0 Å². The molecular formula is C28H27N5O. The van der Waals surface area contributed by atoms with Gasteiger partial charge in [-0.25, -0.2) is 9.50 Å². The lowest BCUT2D eigenvalue weighted by Crippen LogP contribution is -2.36. The first-order valence-corrected chi connectivity index (χ1v) is 11.9. The van der Waals surface area contributed by atoms with Crippen LogP contribution in [0, 0.1) is 0 Å². The van der Waals surface area contributed by atoms with Crippen LogP contribution in [-0.4, -0.2) is 57.3 Å². The number of para-hydroxylation sites is 1. The van der Waals surface area contributed by atoms with Crippen molar-refractivity contribution >= 4 is 16.6 Å². The third-order valence-electron chi connectivity index (χ3n) is 6.63. The van der Waals surface area contributed by atoms with Crippen molar-refractivity contribution in [1.29, 1.82) is 0 Å². The van der Waals surface area contributed by atoms with E-state index in [-0.39, 0.29) is 0 Å². The fraction of sp³-hybridized carbons (Fsp3) is 0.250. The van der Waals surface area contributed by atoms with E-state index in [4.69, 9.17) is 9.72 Å². The van der Waals surface area contributed by atoms with Gasteiger partial charge in [-0.15, -0.1) is 0 Å². The largest absolute Gasteiger partial charge is 0.379 e. The molecule has 0 bridgehead atoms. The molecule has 5 aromatic rings. The number of morpholine rings is 1. The molecule has 0 saturated carbocycles. The number of benzene rings is 2. The number of fused-ring (bicyclic) bond motifs is 2. The minimum atomic E-state index is 0.847. The zero-order chi connectivity index (χ0) is 22.7. The van der Waals surface area contributed by atoms with Crippen LogP contribution in [0.2, 0.25) is 0 Å². The van der Waals surface area contributed by atoms with Crippen LogP contribution in [0.5, 0.6) is 0 Å². The van der Waals surface area contributed by atoms with Crippen molar-refractivity contribution in [3.05, 3.63) is 84.9 Å². The van der Waals surface area contributed by atoms with Crippen LogP contribution in [0.1, 0.15) is 12.0 Å². The van der Waals surface area contributed by atoms with Crippen LogP contribution in [0.3, 0.4) is 0 Å². The topological polar surface area (TPSA) is 55.5 Å². The summed E-state index contributed by atoms with van der Waals surface area (Å²) in [5.41, 5.74) is 7.51. The predicted octanol–water partition coefficient (Wildman–Crippen LogP) is 4.88. The molecule has 34 heavy (non-hydrogen) atoms. The highest BCUT2D eigenvalue weighted by Crippen LogP contribution is 2.30. The number of ether oxygens (including phenoxy) is 1. The molecule has 0 radical (unpaired) electrons. The summed E-state index contributed by atoms with van der Waals surface area (Å²) in [6, 6.07) is 19.0. The second-order valence-corrected chi connectivity index (χ2v) is 8.80. The Hall–Kier alpha value is -3.61. The fourth-order valence-electron chi connectivity index (χ4n) is 4.74. The molecule has 0 N–H and O–H groups in total. The van der Waals surface area contributed by atoms with E-state index in [1.54, 1.807) is 0 Å².